The molecule has 0 radical (unpaired) electrons. The van der Waals surface area contributed by atoms with E-state index in [2.05, 4.69) is 16.7 Å². The fourth-order valence-electron chi connectivity index (χ4n) is 2.26. The molecule has 1 atom stereocenters. The van der Waals surface area contributed by atoms with E-state index in [1.807, 2.05) is 6.20 Å². The summed E-state index contributed by atoms with van der Waals surface area (Å²) in [6.45, 7) is 4.02. The molecule has 0 spiro atoms. The third kappa shape index (κ3) is 2.44. The van der Waals surface area contributed by atoms with Crippen LogP contribution in [-0.2, 0) is 11.2 Å². The predicted octanol–water partition coefficient (Wildman–Crippen LogP) is 1.47. The molecule has 1 aromatic heterocycles. The van der Waals surface area contributed by atoms with Crippen LogP contribution in [0.3, 0.4) is 0 Å². The van der Waals surface area contributed by atoms with Gasteiger partial charge in [0, 0.05) is 18.9 Å². The summed E-state index contributed by atoms with van der Waals surface area (Å²) >= 11 is 0. The first-order chi connectivity index (χ1) is 7.83. The Morgan fingerprint density at radius 1 is 1.62 bits per heavy atom. The lowest BCUT2D eigenvalue weighted by Crippen LogP contribution is -2.23. The molecule has 2 heterocycles. The number of aromatic nitrogens is 2. The molecule has 1 aliphatic rings. The molecule has 1 saturated heterocycles. The van der Waals surface area contributed by atoms with Crippen molar-refractivity contribution < 1.29 is 9.84 Å². The largest absolute Gasteiger partial charge is 0.396 e. The van der Waals surface area contributed by atoms with Crippen LogP contribution < -0.4 is 0 Å². The first kappa shape index (κ1) is 11.6. The molecule has 16 heavy (non-hydrogen) atoms. The van der Waals surface area contributed by atoms with Gasteiger partial charge >= 0.3 is 0 Å². The van der Waals surface area contributed by atoms with Gasteiger partial charge < -0.3 is 9.84 Å². The van der Waals surface area contributed by atoms with Gasteiger partial charge in [0.1, 0.15) is 0 Å². The van der Waals surface area contributed by atoms with E-state index in [1.165, 1.54) is 11.3 Å². The van der Waals surface area contributed by atoms with Crippen molar-refractivity contribution in [2.24, 2.45) is 0 Å². The van der Waals surface area contributed by atoms with E-state index in [-0.39, 0.29) is 6.61 Å². The second-order valence-electron chi connectivity index (χ2n) is 4.40. The van der Waals surface area contributed by atoms with Crippen LogP contribution in [-0.4, -0.2) is 34.7 Å². The highest BCUT2D eigenvalue weighted by atomic mass is 16.5. The molecular formula is C12H20N2O2. The Balaban J connectivity index is 2.06. The second kappa shape index (κ2) is 5.46. The molecule has 0 aliphatic carbocycles. The third-order valence-corrected chi connectivity index (χ3v) is 3.23. The van der Waals surface area contributed by atoms with Gasteiger partial charge in [0.2, 0.25) is 0 Å². The molecule has 90 valence electrons. The maximum Gasteiger partial charge on any atom is 0.0756 e. The van der Waals surface area contributed by atoms with Crippen LogP contribution in [0.2, 0.25) is 0 Å². The quantitative estimate of drug-likeness (QED) is 0.842. The molecule has 0 saturated carbocycles. The zero-order chi connectivity index (χ0) is 11.4. The minimum atomic E-state index is 0.247. The van der Waals surface area contributed by atoms with Gasteiger partial charge in [0.25, 0.3) is 0 Å². The number of ether oxygens (including phenoxy) is 1. The minimum Gasteiger partial charge on any atom is -0.396 e. The maximum absolute atomic E-state index is 8.83. The average molecular weight is 224 g/mol. The number of hydrogen-bond donors (Lipinski definition) is 1. The Labute approximate surface area is 96.2 Å². The number of aryl methyl sites for hydroxylation is 1. The van der Waals surface area contributed by atoms with Crippen LogP contribution in [0.25, 0.3) is 0 Å². The van der Waals surface area contributed by atoms with E-state index in [1.54, 1.807) is 0 Å². The van der Waals surface area contributed by atoms with Crippen LogP contribution in [0, 0.1) is 6.92 Å². The molecule has 0 aromatic carbocycles. The van der Waals surface area contributed by atoms with Gasteiger partial charge in [-0.15, -0.1) is 0 Å². The van der Waals surface area contributed by atoms with E-state index in [9.17, 15) is 0 Å². The fraction of sp³-hybridized carbons (Fsp3) is 0.750. The lowest BCUT2D eigenvalue weighted by molar-refractivity contribution is 0.0542. The van der Waals surface area contributed by atoms with Crippen molar-refractivity contribution >= 4 is 0 Å². The topological polar surface area (TPSA) is 47.3 Å². The Bertz CT molecular complexity index is 330. The lowest BCUT2D eigenvalue weighted by atomic mass is 10.1. The monoisotopic (exact) mass is 224 g/mol. The summed E-state index contributed by atoms with van der Waals surface area (Å²) in [5.74, 6) is 0. The Morgan fingerprint density at radius 2 is 2.50 bits per heavy atom. The van der Waals surface area contributed by atoms with Gasteiger partial charge in [-0.05, 0) is 38.2 Å². The van der Waals surface area contributed by atoms with E-state index < -0.39 is 0 Å². The summed E-state index contributed by atoms with van der Waals surface area (Å²) in [4.78, 5) is 0. The number of aliphatic hydroxyl groups excluding tert-OH is 1. The molecule has 1 aromatic rings. The first-order valence-corrected chi connectivity index (χ1v) is 6.04. The molecule has 4 nitrogen and oxygen atoms in total. The summed E-state index contributed by atoms with van der Waals surface area (Å²) in [7, 11) is 0. The lowest BCUT2D eigenvalue weighted by Gasteiger charge is -2.23. The van der Waals surface area contributed by atoms with Gasteiger partial charge in [-0.3, -0.25) is 4.68 Å². The molecule has 1 aliphatic heterocycles. The van der Waals surface area contributed by atoms with Crippen LogP contribution >= 0.6 is 0 Å². The standard InChI is InChI=1S/C12H20N2O2/c1-10-11(4-2-6-15)8-13-14(10)12-5-3-7-16-9-12/h8,12,15H,2-7,9H2,1H3. The van der Waals surface area contributed by atoms with Gasteiger partial charge in [0.05, 0.1) is 18.8 Å². The number of nitrogens with zero attached hydrogens (tertiary/aromatic N) is 2. The molecule has 0 amide bonds. The van der Waals surface area contributed by atoms with E-state index in [4.69, 9.17) is 9.84 Å². The number of hydrogen-bond acceptors (Lipinski definition) is 3. The molecule has 0 bridgehead atoms. The fourth-order valence-corrected chi connectivity index (χ4v) is 2.26. The van der Waals surface area contributed by atoms with E-state index in [0.717, 1.165) is 38.9 Å². The zero-order valence-electron chi connectivity index (χ0n) is 9.85. The van der Waals surface area contributed by atoms with Crippen molar-refractivity contribution in [1.29, 1.82) is 0 Å². The Hall–Kier alpha value is -0.870. The molecule has 1 N–H and O–H groups in total. The summed E-state index contributed by atoms with van der Waals surface area (Å²) in [6, 6.07) is 0.400. The molecule has 1 unspecified atom stereocenters. The maximum atomic E-state index is 8.83. The van der Waals surface area contributed by atoms with Gasteiger partial charge in [0.15, 0.2) is 0 Å². The third-order valence-electron chi connectivity index (χ3n) is 3.23. The smallest absolute Gasteiger partial charge is 0.0756 e. The molecule has 1 fully saturated rings. The second-order valence-corrected chi connectivity index (χ2v) is 4.40. The van der Waals surface area contributed by atoms with Crippen LogP contribution in [0.15, 0.2) is 6.20 Å². The average Bonchev–Trinajstić information content (AvgIpc) is 2.69. The van der Waals surface area contributed by atoms with Gasteiger partial charge in [-0.2, -0.15) is 5.10 Å². The molecular weight excluding hydrogens is 204 g/mol. The Kier molecular flexibility index (Phi) is 3.96. The van der Waals surface area contributed by atoms with E-state index in [0.29, 0.717) is 6.04 Å². The zero-order valence-corrected chi connectivity index (χ0v) is 9.85. The summed E-state index contributed by atoms with van der Waals surface area (Å²) in [5.41, 5.74) is 2.48. The van der Waals surface area contributed by atoms with Gasteiger partial charge in [-0.1, -0.05) is 0 Å². The highest BCUT2D eigenvalue weighted by Gasteiger charge is 2.19. The van der Waals surface area contributed by atoms with Crippen molar-refractivity contribution in [3.63, 3.8) is 0 Å². The SMILES string of the molecule is Cc1c(CCCO)cnn1C1CCCOC1. The highest BCUT2D eigenvalue weighted by molar-refractivity contribution is 5.17. The van der Waals surface area contributed by atoms with Crippen LogP contribution in [0.1, 0.15) is 36.6 Å². The normalized spacial score (nSPS) is 21.2. The van der Waals surface area contributed by atoms with Crippen molar-refractivity contribution in [1.82, 2.24) is 9.78 Å². The number of aliphatic hydroxyl groups is 1. The van der Waals surface area contributed by atoms with Crippen LogP contribution in [0.4, 0.5) is 0 Å². The van der Waals surface area contributed by atoms with Gasteiger partial charge in [-0.25, -0.2) is 0 Å². The first-order valence-electron chi connectivity index (χ1n) is 6.04. The van der Waals surface area contributed by atoms with Crippen molar-refractivity contribution in [3.8, 4) is 0 Å². The molecule has 2 rings (SSSR count). The van der Waals surface area contributed by atoms with Crippen molar-refractivity contribution in [3.05, 3.63) is 17.5 Å². The van der Waals surface area contributed by atoms with E-state index >= 15 is 0 Å². The van der Waals surface area contributed by atoms with Crippen LogP contribution in [0.5, 0.6) is 0 Å². The summed E-state index contributed by atoms with van der Waals surface area (Å²) in [5, 5.41) is 13.3. The highest BCUT2D eigenvalue weighted by Crippen LogP contribution is 2.22. The Morgan fingerprint density at radius 3 is 3.19 bits per heavy atom. The molecule has 4 heteroatoms. The predicted molar refractivity (Wildman–Crippen MR) is 61.5 cm³/mol. The van der Waals surface area contributed by atoms with Crippen molar-refractivity contribution in [2.75, 3.05) is 19.8 Å². The van der Waals surface area contributed by atoms with Crippen molar-refractivity contribution in [2.45, 2.75) is 38.6 Å². The number of rotatable bonds is 4. The summed E-state index contributed by atoms with van der Waals surface area (Å²) in [6.07, 6.45) is 5.93. The minimum absolute atomic E-state index is 0.247. The summed E-state index contributed by atoms with van der Waals surface area (Å²) < 4.78 is 7.57.